The fourth-order valence-electron chi connectivity index (χ4n) is 5.40. The number of aromatic amines is 1. The van der Waals surface area contributed by atoms with Gasteiger partial charge < -0.3 is 0 Å². The first-order chi connectivity index (χ1) is 17.2. The van der Waals surface area contributed by atoms with E-state index in [1.165, 1.54) is 44.1 Å². The van der Waals surface area contributed by atoms with Gasteiger partial charge >= 0.3 is 0 Å². The molecule has 0 aliphatic rings. The molecule has 0 aliphatic heterocycles. The fraction of sp³-hybridized carbons (Fsp3) is 0.129. The summed E-state index contributed by atoms with van der Waals surface area (Å²) in [4.78, 5) is 12.5. The van der Waals surface area contributed by atoms with E-state index in [0.29, 0.717) is 0 Å². The molecule has 3 aromatic carbocycles. The van der Waals surface area contributed by atoms with Crippen molar-refractivity contribution in [1.82, 2.24) is 15.0 Å². The van der Waals surface area contributed by atoms with Crippen LogP contribution in [-0.2, 0) is 6.54 Å². The Bertz CT molecular complexity index is 1660. The first-order valence-corrected chi connectivity index (χ1v) is 12.1. The molecule has 0 radical (unpaired) electrons. The Hall–Kier alpha value is -4.31. The van der Waals surface area contributed by atoms with Crippen LogP contribution in [0.3, 0.4) is 0 Å². The van der Waals surface area contributed by atoms with Gasteiger partial charge in [-0.05, 0) is 90.2 Å². The number of aromatic nitrogens is 4. The summed E-state index contributed by atoms with van der Waals surface area (Å²) in [6.07, 6.45) is 7.49. The van der Waals surface area contributed by atoms with Crippen molar-refractivity contribution in [2.45, 2.75) is 27.3 Å². The summed E-state index contributed by atoms with van der Waals surface area (Å²) < 4.78 is 2.43. The number of nitrogens with zero attached hydrogens (tertiary/aromatic N) is 3. The first kappa shape index (κ1) is 21.2. The average Bonchev–Trinajstić information content (AvgIpc) is 3.26. The van der Waals surface area contributed by atoms with Gasteiger partial charge in [0, 0.05) is 35.9 Å². The molecular formula is C31H27N4+. The van der Waals surface area contributed by atoms with Crippen LogP contribution in [0.2, 0.25) is 0 Å². The number of hydrogen-bond acceptors (Lipinski definition) is 2. The van der Waals surface area contributed by atoms with E-state index < -0.39 is 0 Å². The lowest BCUT2D eigenvalue weighted by Gasteiger charge is -2.13. The highest BCUT2D eigenvalue weighted by molar-refractivity contribution is 6.18. The molecule has 4 heteroatoms. The quantitative estimate of drug-likeness (QED) is 0.290. The second kappa shape index (κ2) is 8.48. The first-order valence-electron chi connectivity index (χ1n) is 12.1. The van der Waals surface area contributed by atoms with Crippen LogP contribution in [0.1, 0.15) is 18.1 Å². The summed E-state index contributed by atoms with van der Waals surface area (Å²) in [5, 5.41) is 2.45. The molecule has 6 rings (SSSR count). The van der Waals surface area contributed by atoms with E-state index >= 15 is 0 Å². The average molecular weight is 456 g/mol. The third-order valence-corrected chi connectivity index (χ3v) is 6.72. The molecular weight excluding hydrogens is 428 g/mol. The number of pyridine rings is 2. The highest BCUT2D eigenvalue weighted by Gasteiger charge is 2.28. The van der Waals surface area contributed by atoms with Gasteiger partial charge in [-0.2, -0.15) is 0 Å². The molecule has 0 saturated carbocycles. The monoisotopic (exact) mass is 455 g/mol. The minimum absolute atomic E-state index is 0.842. The maximum atomic E-state index is 4.29. The third kappa shape index (κ3) is 3.50. The largest absolute Gasteiger partial charge is 0.287 e. The fourth-order valence-corrected chi connectivity index (χ4v) is 5.40. The zero-order chi connectivity index (χ0) is 23.9. The van der Waals surface area contributed by atoms with Crippen LogP contribution in [0.4, 0.5) is 0 Å². The second-order valence-corrected chi connectivity index (χ2v) is 9.09. The molecule has 0 unspecified atom stereocenters. The summed E-state index contributed by atoms with van der Waals surface area (Å²) in [7, 11) is 0. The molecule has 170 valence electrons. The Balaban J connectivity index is 1.85. The number of H-pyrrole nitrogens is 1. The van der Waals surface area contributed by atoms with Gasteiger partial charge in [-0.1, -0.05) is 30.3 Å². The Morgan fingerprint density at radius 3 is 1.80 bits per heavy atom. The van der Waals surface area contributed by atoms with Gasteiger partial charge in [0.15, 0.2) is 11.0 Å². The Morgan fingerprint density at radius 1 is 0.686 bits per heavy atom. The number of fused-ring (bicyclic) bond motifs is 2. The number of aryl methyl sites for hydroxylation is 3. The van der Waals surface area contributed by atoms with E-state index in [1.54, 1.807) is 0 Å². The second-order valence-electron chi connectivity index (χ2n) is 9.09. The predicted molar refractivity (Wildman–Crippen MR) is 143 cm³/mol. The number of imidazole rings is 1. The Morgan fingerprint density at radius 2 is 1.23 bits per heavy atom. The molecule has 0 amide bonds. The van der Waals surface area contributed by atoms with Crippen molar-refractivity contribution in [3.05, 3.63) is 103 Å². The molecule has 1 N–H and O–H groups in total. The molecule has 4 nitrogen and oxygen atoms in total. The number of rotatable bonds is 4. The zero-order valence-electron chi connectivity index (χ0n) is 20.2. The van der Waals surface area contributed by atoms with Crippen LogP contribution in [0.15, 0.2) is 91.5 Å². The van der Waals surface area contributed by atoms with Gasteiger partial charge in [-0.15, -0.1) is 0 Å². The molecule has 0 fully saturated rings. The van der Waals surface area contributed by atoms with Gasteiger partial charge in [-0.25, -0.2) is 9.55 Å². The highest BCUT2D eigenvalue weighted by atomic mass is 15.1. The van der Waals surface area contributed by atoms with E-state index in [1.807, 2.05) is 24.8 Å². The summed E-state index contributed by atoms with van der Waals surface area (Å²) in [5.41, 5.74) is 10.8. The molecule has 0 saturated heterocycles. The van der Waals surface area contributed by atoms with Gasteiger partial charge in [0.2, 0.25) is 0 Å². The normalized spacial score (nSPS) is 11.4. The lowest BCUT2D eigenvalue weighted by atomic mass is 9.90. The van der Waals surface area contributed by atoms with Gasteiger partial charge in [0.1, 0.15) is 0 Å². The summed E-state index contributed by atoms with van der Waals surface area (Å²) >= 11 is 0. The Labute approximate surface area is 205 Å². The minimum atomic E-state index is 0.842. The molecule has 3 aromatic heterocycles. The third-order valence-electron chi connectivity index (χ3n) is 6.72. The van der Waals surface area contributed by atoms with E-state index in [4.69, 9.17) is 0 Å². The van der Waals surface area contributed by atoms with Gasteiger partial charge in [0.05, 0.1) is 12.1 Å². The van der Waals surface area contributed by atoms with Crippen LogP contribution < -0.4 is 4.57 Å². The molecule has 0 aliphatic carbocycles. The van der Waals surface area contributed by atoms with Crippen molar-refractivity contribution in [3.63, 3.8) is 0 Å². The molecule has 35 heavy (non-hydrogen) atoms. The zero-order valence-corrected chi connectivity index (χ0v) is 20.2. The summed E-state index contributed by atoms with van der Waals surface area (Å²) in [6.45, 7) is 7.38. The van der Waals surface area contributed by atoms with Crippen molar-refractivity contribution in [2.24, 2.45) is 0 Å². The lowest BCUT2D eigenvalue weighted by molar-refractivity contribution is -0.656. The van der Waals surface area contributed by atoms with Crippen LogP contribution >= 0.6 is 0 Å². The van der Waals surface area contributed by atoms with Gasteiger partial charge in [-0.3, -0.25) is 9.97 Å². The van der Waals surface area contributed by atoms with Crippen LogP contribution in [0.5, 0.6) is 0 Å². The Kier molecular flexibility index (Phi) is 5.14. The predicted octanol–water partition coefficient (Wildman–Crippen LogP) is 7.04. The van der Waals surface area contributed by atoms with E-state index in [9.17, 15) is 0 Å². The van der Waals surface area contributed by atoms with Crippen molar-refractivity contribution in [1.29, 1.82) is 0 Å². The van der Waals surface area contributed by atoms with Crippen molar-refractivity contribution in [2.75, 3.05) is 0 Å². The van der Waals surface area contributed by atoms with Crippen LogP contribution in [0, 0.1) is 13.8 Å². The molecule has 0 atom stereocenters. The molecule has 0 bridgehead atoms. The maximum absolute atomic E-state index is 4.29. The molecule has 0 spiro atoms. The highest BCUT2D eigenvalue weighted by Crippen LogP contribution is 2.42. The van der Waals surface area contributed by atoms with Crippen LogP contribution in [0.25, 0.3) is 55.4 Å². The minimum Gasteiger partial charge on any atom is -0.265 e. The molecule has 6 aromatic rings. The van der Waals surface area contributed by atoms with E-state index in [2.05, 4.69) is 107 Å². The number of nitrogens with one attached hydrogen (secondary N) is 1. The van der Waals surface area contributed by atoms with E-state index in [0.717, 1.165) is 29.0 Å². The van der Waals surface area contributed by atoms with Crippen LogP contribution in [-0.4, -0.2) is 15.0 Å². The topological polar surface area (TPSA) is 45.5 Å². The van der Waals surface area contributed by atoms with Crippen molar-refractivity contribution < 1.29 is 4.57 Å². The van der Waals surface area contributed by atoms with Gasteiger partial charge in [0.25, 0.3) is 5.82 Å². The lowest BCUT2D eigenvalue weighted by Crippen LogP contribution is -2.34. The number of hydrogen-bond donors (Lipinski definition) is 1. The van der Waals surface area contributed by atoms with E-state index in [-0.39, 0.29) is 0 Å². The number of benzene rings is 3. The SMILES string of the molecule is CC[n+]1c(-c2cc(C)cc(C)c2)[nH]c2c(-c3ccncc3)c3ccccc3c(-c3ccncc3)c21. The smallest absolute Gasteiger partial charge is 0.265 e. The standard InChI is InChI=1S/C31H26N4/c1-4-35-30-28(23-11-15-33-16-12-23)26-8-6-5-7-25(26)27(22-9-13-32-14-10-22)29(30)34-31(35)24-18-20(2)17-21(3)19-24/h5-19H,4H2,1-3H3/p+1. The van der Waals surface area contributed by atoms with Crippen molar-refractivity contribution >= 4 is 21.8 Å². The molecule has 3 heterocycles. The maximum Gasteiger partial charge on any atom is 0.287 e. The van der Waals surface area contributed by atoms with Crippen molar-refractivity contribution in [3.8, 4) is 33.6 Å². The summed E-state index contributed by atoms with van der Waals surface area (Å²) in [6, 6.07) is 23.9. The summed E-state index contributed by atoms with van der Waals surface area (Å²) in [5.74, 6) is 1.12.